The average molecular weight is 497 g/mol. The van der Waals surface area contributed by atoms with E-state index in [1.54, 1.807) is 15.9 Å². The summed E-state index contributed by atoms with van der Waals surface area (Å²) >= 11 is 0. The van der Waals surface area contributed by atoms with Crippen molar-refractivity contribution in [2.24, 2.45) is 5.92 Å². The largest absolute Gasteiger partial charge is 0.493 e. The predicted octanol–water partition coefficient (Wildman–Crippen LogP) is 1.71. The van der Waals surface area contributed by atoms with Gasteiger partial charge in [0.05, 0.1) is 19.1 Å². The van der Waals surface area contributed by atoms with E-state index in [4.69, 9.17) is 9.47 Å². The van der Waals surface area contributed by atoms with Crippen molar-refractivity contribution in [3.05, 3.63) is 18.2 Å². The van der Waals surface area contributed by atoms with E-state index in [9.17, 15) is 18.0 Å². The van der Waals surface area contributed by atoms with Gasteiger partial charge < -0.3 is 24.2 Å². The number of carbonyl (C=O) groups is 2. The van der Waals surface area contributed by atoms with Crippen molar-refractivity contribution in [1.29, 1.82) is 0 Å². The van der Waals surface area contributed by atoms with Gasteiger partial charge in [-0.3, -0.25) is 4.79 Å². The molecule has 34 heavy (non-hydrogen) atoms. The molecule has 1 aromatic rings. The molecule has 3 amide bonds. The molecule has 2 fully saturated rings. The maximum Gasteiger partial charge on any atom is 0.319 e. The lowest BCUT2D eigenvalue weighted by atomic mass is 9.95. The van der Waals surface area contributed by atoms with Crippen LogP contribution in [0.2, 0.25) is 0 Å². The van der Waals surface area contributed by atoms with Gasteiger partial charge in [0.1, 0.15) is 0 Å². The van der Waals surface area contributed by atoms with Crippen LogP contribution in [-0.4, -0.2) is 106 Å². The summed E-state index contributed by atoms with van der Waals surface area (Å²) in [6, 6.07) is 4.56. The van der Waals surface area contributed by atoms with Crippen LogP contribution in [0.1, 0.15) is 26.7 Å². The Balaban J connectivity index is 1.56. The van der Waals surface area contributed by atoms with Gasteiger partial charge in [0.2, 0.25) is 15.9 Å². The standard InChI is InChI=1S/C23H36N4O6S/c1-5-24(6-2)23(29)26-11-9-18(10-12-26)22(28)25-13-15-27(16-14-25)34(30,31)19-7-8-20(32-3)21(17-19)33-4/h7-8,17-18H,5-6,9-16H2,1-4H3. The molecule has 0 saturated carbocycles. The SMILES string of the molecule is CCN(CC)C(=O)N1CCC(C(=O)N2CCN(S(=O)(=O)c3ccc(OC)c(OC)c3)CC2)CC1. The average Bonchev–Trinajstić information content (AvgIpc) is 2.88. The van der Waals surface area contributed by atoms with Gasteiger partial charge in [-0.1, -0.05) is 0 Å². The second kappa shape index (κ2) is 11.3. The summed E-state index contributed by atoms with van der Waals surface area (Å²) in [7, 11) is -0.757. The zero-order valence-corrected chi connectivity index (χ0v) is 21.3. The first-order valence-corrected chi connectivity index (χ1v) is 13.3. The van der Waals surface area contributed by atoms with E-state index in [-0.39, 0.29) is 35.8 Å². The fourth-order valence-electron chi connectivity index (χ4n) is 4.54. The molecule has 0 unspecified atom stereocenters. The Morgan fingerprint density at radius 3 is 2.03 bits per heavy atom. The van der Waals surface area contributed by atoms with Crippen LogP contribution >= 0.6 is 0 Å². The van der Waals surface area contributed by atoms with Gasteiger partial charge in [-0.2, -0.15) is 4.31 Å². The molecule has 0 atom stereocenters. The summed E-state index contributed by atoms with van der Waals surface area (Å²) in [5, 5.41) is 0. The van der Waals surface area contributed by atoms with Crippen molar-refractivity contribution < 1.29 is 27.5 Å². The first-order chi connectivity index (χ1) is 16.3. The number of methoxy groups -OCH3 is 2. The van der Waals surface area contributed by atoms with Gasteiger partial charge in [0.25, 0.3) is 0 Å². The molecule has 2 aliphatic heterocycles. The fraction of sp³-hybridized carbons (Fsp3) is 0.652. The Morgan fingerprint density at radius 1 is 0.912 bits per heavy atom. The van der Waals surface area contributed by atoms with Crippen molar-refractivity contribution in [3.63, 3.8) is 0 Å². The second-order valence-corrected chi connectivity index (χ2v) is 10.4. The fourth-order valence-corrected chi connectivity index (χ4v) is 5.98. The first kappa shape index (κ1) is 26.1. The Hall–Kier alpha value is -2.53. The maximum absolute atomic E-state index is 13.1. The third kappa shape index (κ3) is 5.41. The maximum atomic E-state index is 13.1. The smallest absolute Gasteiger partial charge is 0.319 e. The van der Waals surface area contributed by atoms with Crippen LogP contribution in [0.25, 0.3) is 0 Å². The van der Waals surface area contributed by atoms with Crippen molar-refractivity contribution in [1.82, 2.24) is 19.0 Å². The first-order valence-electron chi connectivity index (χ1n) is 11.8. The van der Waals surface area contributed by atoms with E-state index in [1.165, 1.54) is 30.7 Å². The number of nitrogens with zero attached hydrogens (tertiary/aromatic N) is 4. The van der Waals surface area contributed by atoms with E-state index in [0.29, 0.717) is 63.6 Å². The molecule has 11 heteroatoms. The van der Waals surface area contributed by atoms with Gasteiger partial charge in [-0.15, -0.1) is 0 Å². The summed E-state index contributed by atoms with van der Waals surface area (Å²) in [5.74, 6) is 0.734. The summed E-state index contributed by atoms with van der Waals surface area (Å²) in [6.07, 6.45) is 1.27. The van der Waals surface area contributed by atoms with E-state index >= 15 is 0 Å². The minimum atomic E-state index is -3.71. The molecule has 0 spiro atoms. The number of likely N-dealkylation sites (tertiary alicyclic amines) is 1. The third-order valence-corrected chi connectivity index (χ3v) is 8.59. The summed E-state index contributed by atoms with van der Waals surface area (Å²) < 4.78 is 38.1. The van der Waals surface area contributed by atoms with Crippen molar-refractivity contribution in [3.8, 4) is 11.5 Å². The minimum absolute atomic E-state index is 0.0323. The lowest BCUT2D eigenvalue weighted by Crippen LogP contribution is -2.53. The predicted molar refractivity (Wildman–Crippen MR) is 127 cm³/mol. The van der Waals surface area contributed by atoms with Crippen molar-refractivity contribution in [2.45, 2.75) is 31.6 Å². The Bertz CT molecular complexity index is 966. The van der Waals surface area contributed by atoms with Crippen LogP contribution < -0.4 is 9.47 Å². The highest BCUT2D eigenvalue weighted by Crippen LogP contribution is 2.31. The van der Waals surface area contributed by atoms with Crippen LogP contribution in [0.5, 0.6) is 11.5 Å². The monoisotopic (exact) mass is 496 g/mol. The number of sulfonamides is 1. The van der Waals surface area contributed by atoms with Gasteiger partial charge in [0.15, 0.2) is 11.5 Å². The molecule has 0 radical (unpaired) electrons. The van der Waals surface area contributed by atoms with Gasteiger partial charge in [-0.05, 0) is 38.8 Å². The van der Waals surface area contributed by atoms with Gasteiger partial charge >= 0.3 is 6.03 Å². The zero-order valence-electron chi connectivity index (χ0n) is 20.5. The van der Waals surface area contributed by atoms with E-state index in [2.05, 4.69) is 0 Å². The molecule has 0 aliphatic carbocycles. The van der Waals surface area contributed by atoms with E-state index in [1.807, 2.05) is 18.7 Å². The zero-order chi connectivity index (χ0) is 24.9. The van der Waals surface area contributed by atoms with Gasteiger partial charge in [0, 0.05) is 64.3 Å². The molecule has 10 nitrogen and oxygen atoms in total. The molecular weight excluding hydrogens is 460 g/mol. The minimum Gasteiger partial charge on any atom is -0.493 e. The summed E-state index contributed by atoms with van der Waals surface area (Å²) in [5.41, 5.74) is 0. The molecule has 0 bridgehead atoms. The lowest BCUT2D eigenvalue weighted by Gasteiger charge is -2.39. The van der Waals surface area contributed by atoms with Gasteiger partial charge in [-0.25, -0.2) is 13.2 Å². The molecule has 190 valence electrons. The number of urea groups is 1. The van der Waals surface area contributed by atoms with Crippen molar-refractivity contribution in [2.75, 3.05) is 66.6 Å². The molecule has 2 saturated heterocycles. The third-order valence-electron chi connectivity index (χ3n) is 6.69. The lowest BCUT2D eigenvalue weighted by molar-refractivity contribution is -0.138. The van der Waals surface area contributed by atoms with Crippen molar-refractivity contribution >= 4 is 22.0 Å². The van der Waals surface area contributed by atoms with Crippen LogP contribution in [0, 0.1) is 5.92 Å². The molecule has 1 aromatic carbocycles. The number of piperidine rings is 1. The summed E-state index contributed by atoms with van der Waals surface area (Å²) in [4.78, 5) is 31.1. The number of hydrogen-bond acceptors (Lipinski definition) is 6. The highest BCUT2D eigenvalue weighted by atomic mass is 32.2. The Morgan fingerprint density at radius 2 is 1.50 bits per heavy atom. The topological polar surface area (TPSA) is 99.7 Å². The molecule has 2 heterocycles. The number of ether oxygens (including phenoxy) is 2. The second-order valence-electron chi connectivity index (χ2n) is 8.46. The molecule has 0 N–H and O–H groups in total. The molecular formula is C23H36N4O6S. The van der Waals surface area contributed by atoms with Crippen LogP contribution in [0.3, 0.4) is 0 Å². The quantitative estimate of drug-likeness (QED) is 0.570. The van der Waals surface area contributed by atoms with Crippen LogP contribution in [-0.2, 0) is 14.8 Å². The molecule has 0 aromatic heterocycles. The van der Waals surface area contributed by atoms with E-state index in [0.717, 1.165) is 0 Å². The number of amides is 3. The number of hydrogen-bond donors (Lipinski definition) is 0. The number of piperazine rings is 1. The number of carbonyl (C=O) groups excluding carboxylic acids is 2. The van der Waals surface area contributed by atoms with E-state index < -0.39 is 10.0 Å². The molecule has 2 aliphatic rings. The number of benzene rings is 1. The number of rotatable bonds is 7. The molecule has 3 rings (SSSR count). The Labute approximate surface area is 202 Å². The highest BCUT2D eigenvalue weighted by Gasteiger charge is 2.35. The highest BCUT2D eigenvalue weighted by molar-refractivity contribution is 7.89. The Kier molecular flexibility index (Phi) is 8.64. The van der Waals surface area contributed by atoms with Crippen LogP contribution in [0.4, 0.5) is 4.79 Å². The van der Waals surface area contributed by atoms with Crippen LogP contribution in [0.15, 0.2) is 23.1 Å². The summed E-state index contributed by atoms with van der Waals surface area (Å²) in [6.45, 7) is 7.58. The normalized spacial score (nSPS) is 18.0.